The molecule has 0 saturated heterocycles. The number of anilines is 1. The molecule has 21 heavy (non-hydrogen) atoms. The van der Waals surface area contributed by atoms with Crippen molar-refractivity contribution in [3.63, 3.8) is 0 Å². The van der Waals surface area contributed by atoms with Crippen LogP contribution in [-0.4, -0.2) is 12.5 Å². The number of hydrogen-bond donors (Lipinski definition) is 2. The molecule has 0 bridgehead atoms. The van der Waals surface area contributed by atoms with Crippen LogP contribution in [0.15, 0.2) is 42.5 Å². The monoisotopic (exact) mass is 300 g/mol. The number of rotatable bonds is 3. The van der Waals surface area contributed by atoms with Crippen LogP contribution in [0.5, 0.6) is 0 Å². The number of benzene rings is 2. The van der Waals surface area contributed by atoms with E-state index in [0.29, 0.717) is 10.6 Å². The normalized spacial score (nSPS) is 14.2. The number of amides is 1. The number of hydrogen-bond acceptors (Lipinski definition) is 2. The summed E-state index contributed by atoms with van der Waals surface area (Å²) in [6.07, 6.45) is 0.975. The fourth-order valence-electron chi connectivity index (χ4n) is 2.56. The first kappa shape index (κ1) is 14.0. The molecule has 1 aliphatic heterocycles. The van der Waals surface area contributed by atoms with E-state index >= 15 is 0 Å². The lowest BCUT2D eigenvalue weighted by atomic mass is 10.1. The molecule has 1 atom stereocenters. The van der Waals surface area contributed by atoms with Gasteiger partial charge < -0.3 is 10.6 Å². The zero-order valence-corrected chi connectivity index (χ0v) is 12.6. The molecule has 4 heteroatoms. The molecule has 3 rings (SSSR count). The minimum atomic E-state index is -0.0545. The smallest absolute Gasteiger partial charge is 0.251 e. The second-order valence-corrected chi connectivity index (χ2v) is 5.73. The van der Waals surface area contributed by atoms with Gasteiger partial charge in [-0.2, -0.15) is 0 Å². The summed E-state index contributed by atoms with van der Waals surface area (Å²) in [6, 6.07) is 13.3. The van der Waals surface area contributed by atoms with Gasteiger partial charge in [-0.3, -0.25) is 4.79 Å². The van der Waals surface area contributed by atoms with E-state index in [-0.39, 0.29) is 11.9 Å². The van der Waals surface area contributed by atoms with Gasteiger partial charge in [0.1, 0.15) is 0 Å². The van der Waals surface area contributed by atoms with Gasteiger partial charge in [-0.25, -0.2) is 0 Å². The van der Waals surface area contributed by atoms with E-state index in [0.717, 1.165) is 24.2 Å². The largest absolute Gasteiger partial charge is 0.384 e. The first-order valence-corrected chi connectivity index (χ1v) is 7.44. The third kappa shape index (κ3) is 3.03. The van der Waals surface area contributed by atoms with Crippen molar-refractivity contribution in [1.82, 2.24) is 5.32 Å². The summed E-state index contributed by atoms with van der Waals surface area (Å²) in [5, 5.41) is 7.01. The predicted octanol–water partition coefficient (Wildman–Crippen LogP) is 3.80. The molecule has 1 aliphatic rings. The fraction of sp³-hybridized carbons (Fsp3) is 0.235. The lowest BCUT2D eigenvalue weighted by Crippen LogP contribution is -2.26. The highest BCUT2D eigenvalue weighted by Crippen LogP contribution is 2.23. The first-order chi connectivity index (χ1) is 10.1. The van der Waals surface area contributed by atoms with E-state index < -0.39 is 0 Å². The van der Waals surface area contributed by atoms with Crippen LogP contribution in [0, 0.1) is 0 Å². The number of carbonyl (C=O) groups is 1. The molecule has 0 aromatic heterocycles. The molecule has 0 saturated carbocycles. The molecular weight excluding hydrogens is 284 g/mol. The Morgan fingerprint density at radius 3 is 2.76 bits per heavy atom. The molecule has 2 aromatic rings. The van der Waals surface area contributed by atoms with Crippen molar-refractivity contribution in [2.75, 3.05) is 11.9 Å². The van der Waals surface area contributed by atoms with Crippen molar-refractivity contribution in [2.24, 2.45) is 0 Å². The quantitative estimate of drug-likeness (QED) is 0.905. The molecule has 1 amide bonds. The SMILES string of the molecule is CC(NC(=O)c1ccc2c(c1)CCN2)c1ccc(Cl)cc1. The second-order valence-electron chi connectivity index (χ2n) is 5.30. The van der Waals surface area contributed by atoms with E-state index in [4.69, 9.17) is 11.6 Å². The Morgan fingerprint density at radius 1 is 1.24 bits per heavy atom. The highest BCUT2D eigenvalue weighted by Gasteiger charge is 2.15. The van der Waals surface area contributed by atoms with Gasteiger partial charge in [0.25, 0.3) is 5.91 Å². The van der Waals surface area contributed by atoms with Crippen LogP contribution in [0.1, 0.15) is 34.5 Å². The Kier molecular flexibility index (Phi) is 3.84. The van der Waals surface area contributed by atoms with Crippen molar-refractivity contribution in [2.45, 2.75) is 19.4 Å². The Bertz CT molecular complexity index is 667. The third-order valence-corrected chi connectivity index (χ3v) is 4.05. The zero-order chi connectivity index (χ0) is 14.8. The summed E-state index contributed by atoms with van der Waals surface area (Å²) in [5.41, 5.74) is 4.09. The van der Waals surface area contributed by atoms with Gasteiger partial charge in [0.05, 0.1) is 6.04 Å². The summed E-state index contributed by atoms with van der Waals surface area (Å²) in [5.74, 6) is -0.0489. The van der Waals surface area contributed by atoms with E-state index in [1.54, 1.807) is 0 Å². The van der Waals surface area contributed by atoms with Crippen molar-refractivity contribution < 1.29 is 4.79 Å². The molecule has 2 aromatic carbocycles. The molecule has 0 radical (unpaired) electrons. The standard InChI is InChI=1S/C17H17ClN2O/c1-11(12-2-5-15(18)6-3-12)20-17(21)14-4-7-16-13(10-14)8-9-19-16/h2-7,10-11,19H,8-9H2,1H3,(H,20,21). The summed E-state index contributed by atoms with van der Waals surface area (Å²) in [7, 11) is 0. The van der Waals surface area contributed by atoms with Crippen LogP contribution < -0.4 is 10.6 Å². The number of carbonyl (C=O) groups excluding carboxylic acids is 1. The summed E-state index contributed by atoms with van der Waals surface area (Å²) in [6.45, 7) is 2.91. The zero-order valence-electron chi connectivity index (χ0n) is 11.8. The average molecular weight is 301 g/mol. The van der Waals surface area contributed by atoms with E-state index in [2.05, 4.69) is 10.6 Å². The summed E-state index contributed by atoms with van der Waals surface area (Å²) < 4.78 is 0. The Labute approximate surface area is 129 Å². The summed E-state index contributed by atoms with van der Waals surface area (Å²) >= 11 is 5.88. The highest BCUT2D eigenvalue weighted by atomic mass is 35.5. The lowest BCUT2D eigenvalue weighted by molar-refractivity contribution is 0.0940. The van der Waals surface area contributed by atoms with Crippen molar-refractivity contribution in [1.29, 1.82) is 0 Å². The Balaban J connectivity index is 1.72. The molecule has 1 heterocycles. The highest BCUT2D eigenvalue weighted by molar-refractivity contribution is 6.30. The van der Waals surface area contributed by atoms with Crippen LogP contribution >= 0.6 is 11.6 Å². The maximum absolute atomic E-state index is 12.3. The van der Waals surface area contributed by atoms with E-state index in [1.807, 2.05) is 49.4 Å². The Hall–Kier alpha value is -2.00. The second kappa shape index (κ2) is 5.78. The van der Waals surface area contributed by atoms with Gasteiger partial charge in [0.15, 0.2) is 0 Å². The van der Waals surface area contributed by atoms with Gasteiger partial charge in [-0.15, -0.1) is 0 Å². The van der Waals surface area contributed by atoms with Gasteiger partial charge in [0.2, 0.25) is 0 Å². The van der Waals surface area contributed by atoms with Gasteiger partial charge >= 0.3 is 0 Å². The molecule has 1 unspecified atom stereocenters. The van der Waals surface area contributed by atoms with Gasteiger partial charge in [-0.05, 0) is 54.8 Å². The lowest BCUT2D eigenvalue weighted by Gasteiger charge is -2.15. The molecule has 0 spiro atoms. The minimum Gasteiger partial charge on any atom is -0.384 e. The molecular formula is C17H17ClN2O. The van der Waals surface area contributed by atoms with Crippen molar-refractivity contribution in [3.05, 3.63) is 64.2 Å². The van der Waals surface area contributed by atoms with Crippen molar-refractivity contribution in [3.8, 4) is 0 Å². The van der Waals surface area contributed by atoms with E-state index in [9.17, 15) is 4.79 Å². The fourth-order valence-corrected chi connectivity index (χ4v) is 2.69. The molecule has 108 valence electrons. The van der Waals surface area contributed by atoms with Crippen molar-refractivity contribution >= 4 is 23.2 Å². The van der Waals surface area contributed by atoms with Crippen LogP contribution in [0.2, 0.25) is 5.02 Å². The summed E-state index contributed by atoms with van der Waals surface area (Å²) in [4.78, 5) is 12.3. The molecule has 2 N–H and O–H groups in total. The van der Waals surface area contributed by atoms with Crippen LogP contribution in [0.3, 0.4) is 0 Å². The van der Waals surface area contributed by atoms with E-state index in [1.165, 1.54) is 5.56 Å². The molecule has 0 aliphatic carbocycles. The molecule has 0 fully saturated rings. The number of halogens is 1. The third-order valence-electron chi connectivity index (χ3n) is 3.79. The van der Waals surface area contributed by atoms with Gasteiger partial charge in [0, 0.05) is 22.8 Å². The first-order valence-electron chi connectivity index (χ1n) is 7.06. The van der Waals surface area contributed by atoms with Crippen LogP contribution in [0.4, 0.5) is 5.69 Å². The van der Waals surface area contributed by atoms with Crippen LogP contribution in [-0.2, 0) is 6.42 Å². The minimum absolute atomic E-state index is 0.0489. The molecule has 3 nitrogen and oxygen atoms in total. The average Bonchev–Trinajstić information content (AvgIpc) is 2.95. The Morgan fingerprint density at radius 2 is 2.00 bits per heavy atom. The number of fused-ring (bicyclic) bond motifs is 1. The van der Waals surface area contributed by atoms with Crippen LogP contribution in [0.25, 0.3) is 0 Å². The number of nitrogens with one attached hydrogen (secondary N) is 2. The maximum atomic E-state index is 12.3. The predicted molar refractivity (Wildman–Crippen MR) is 86.0 cm³/mol. The topological polar surface area (TPSA) is 41.1 Å². The maximum Gasteiger partial charge on any atom is 0.251 e. The van der Waals surface area contributed by atoms with Gasteiger partial charge in [-0.1, -0.05) is 23.7 Å².